The van der Waals surface area contributed by atoms with E-state index < -0.39 is 0 Å². The van der Waals surface area contributed by atoms with Crippen molar-refractivity contribution in [3.05, 3.63) is 236 Å². The molecule has 58 heavy (non-hydrogen) atoms. The van der Waals surface area contributed by atoms with E-state index in [4.69, 9.17) is 0 Å². The monoisotopic (exact) mass is 741 g/mol. The van der Waals surface area contributed by atoms with Gasteiger partial charge in [-0.1, -0.05) is 208 Å². The molecule has 0 radical (unpaired) electrons. The number of hydrogen-bond acceptors (Lipinski definition) is 1. The Morgan fingerprint density at radius 3 is 1.31 bits per heavy atom. The summed E-state index contributed by atoms with van der Waals surface area (Å²) in [5.41, 5.74) is 20.4. The van der Waals surface area contributed by atoms with E-state index in [1.807, 2.05) is 0 Å². The van der Waals surface area contributed by atoms with Crippen LogP contribution in [0.4, 0.5) is 17.1 Å². The van der Waals surface area contributed by atoms with Crippen LogP contribution in [0, 0.1) is 0 Å². The van der Waals surface area contributed by atoms with Crippen LogP contribution >= 0.6 is 0 Å². The first-order valence-corrected chi connectivity index (χ1v) is 20.2. The van der Waals surface area contributed by atoms with Crippen LogP contribution in [0.1, 0.15) is 25.0 Å². The Morgan fingerprint density at radius 1 is 0.293 bits per heavy atom. The number of fused-ring (bicyclic) bond motifs is 3. The largest absolute Gasteiger partial charge is 0.309 e. The third kappa shape index (κ3) is 6.13. The first kappa shape index (κ1) is 35.2. The van der Waals surface area contributed by atoms with Gasteiger partial charge in [-0.3, -0.25) is 0 Å². The van der Waals surface area contributed by atoms with E-state index in [0.717, 1.165) is 22.6 Å². The molecule has 276 valence electrons. The van der Waals surface area contributed by atoms with Gasteiger partial charge in [0.25, 0.3) is 0 Å². The van der Waals surface area contributed by atoms with Crippen LogP contribution in [0.25, 0.3) is 66.8 Å². The van der Waals surface area contributed by atoms with Crippen molar-refractivity contribution in [3.8, 4) is 66.8 Å². The van der Waals surface area contributed by atoms with E-state index in [-0.39, 0.29) is 5.41 Å². The van der Waals surface area contributed by atoms with E-state index in [1.54, 1.807) is 0 Å². The highest BCUT2D eigenvalue weighted by Crippen LogP contribution is 2.55. The lowest BCUT2D eigenvalue weighted by Crippen LogP contribution is -2.16. The summed E-state index contributed by atoms with van der Waals surface area (Å²) in [6, 6.07) is 81.9. The molecule has 10 rings (SSSR count). The van der Waals surface area contributed by atoms with Gasteiger partial charge in [-0.25, -0.2) is 0 Å². The second-order valence-corrected chi connectivity index (χ2v) is 15.7. The molecule has 0 N–H and O–H groups in total. The summed E-state index contributed by atoms with van der Waals surface area (Å²) in [5, 5.41) is 0. The molecule has 0 saturated carbocycles. The highest BCUT2D eigenvalue weighted by atomic mass is 15.1. The van der Waals surface area contributed by atoms with Crippen molar-refractivity contribution in [2.45, 2.75) is 19.3 Å². The second kappa shape index (κ2) is 14.7. The molecule has 1 heteroatoms. The van der Waals surface area contributed by atoms with Crippen LogP contribution in [-0.4, -0.2) is 0 Å². The molecule has 1 aliphatic rings. The Hall–Kier alpha value is -7.22. The maximum Gasteiger partial charge on any atom is 0.0543 e. The molecular formula is C57H43N. The zero-order chi connectivity index (χ0) is 39.1. The van der Waals surface area contributed by atoms with Gasteiger partial charge in [0.05, 0.1) is 11.4 Å². The van der Waals surface area contributed by atoms with E-state index in [9.17, 15) is 0 Å². The molecule has 0 spiro atoms. The van der Waals surface area contributed by atoms with Crippen LogP contribution < -0.4 is 4.90 Å². The summed E-state index contributed by atoms with van der Waals surface area (Å²) in [4.78, 5) is 2.53. The summed E-state index contributed by atoms with van der Waals surface area (Å²) in [5.74, 6) is 0. The van der Waals surface area contributed by atoms with Crippen LogP contribution in [0.5, 0.6) is 0 Å². The van der Waals surface area contributed by atoms with Gasteiger partial charge >= 0.3 is 0 Å². The van der Waals surface area contributed by atoms with Gasteiger partial charge < -0.3 is 4.90 Å². The topological polar surface area (TPSA) is 3.24 Å². The van der Waals surface area contributed by atoms with E-state index in [2.05, 4.69) is 243 Å². The van der Waals surface area contributed by atoms with Gasteiger partial charge in [0.15, 0.2) is 0 Å². The molecule has 0 unspecified atom stereocenters. The SMILES string of the molecule is CC1(C)c2ccccc2-c2c(N(c3cc(-c4ccccc4)cc(-c4ccccc4)c3)c3ccccc3-c3ccccc3-c3ccccc3-c3ccccc3)cccc21. The van der Waals surface area contributed by atoms with Crippen LogP contribution in [-0.2, 0) is 5.41 Å². The number of benzene rings is 9. The van der Waals surface area contributed by atoms with Gasteiger partial charge in [0.2, 0.25) is 0 Å². The van der Waals surface area contributed by atoms with Crippen molar-refractivity contribution in [2.24, 2.45) is 0 Å². The predicted octanol–water partition coefficient (Wildman–Crippen LogP) is 15.8. The maximum atomic E-state index is 2.53. The lowest BCUT2D eigenvalue weighted by atomic mass is 9.82. The van der Waals surface area contributed by atoms with Crippen LogP contribution in [0.15, 0.2) is 224 Å². The molecule has 9 aromatic rings. The summed E-state index contributed by atoms with van der Waals surface area (Å²) >= 11 is 0. The van der Waals surface area contributed by atoms with Gasteiger partial charge in [0.1, 0.15) is 0 Å². The molecule has 1 nitrogen and oxygen atoms in total. The van der Waals surface area contributed by atoms with Gasteiger partial charge in [-0.15, -0.1) is 0 Å². The molecule has 1 aliphatic carbocycles. The Balaban J connectivity index is 1.27. The number of anilines is 3. The minimum Gasteiger partial charge on any atom is -0.309 e. The Labute approximate surface area is 342 Å². The first-order valence-electron chi connectivity index (χ1n) is 20.2. The Bertz CT molecular complexity index is 2850. The lowest BCUT2D eigenvalue weighted by molar-refractivity contribution is 0.660. The fourth-order valence-corrected chi connectivity index (χ4v) is 9.10. The van der Waals surface area contributed by atoms with Gasteiger partial charge in [-0.2, -0.15) is 0 Å². The van der Waals surface area contributed by atoms with E-state index in [1.165, 1.54) is 72.3 Å². The summed E-state index contributed by atoms with van der Waals surface area (Å²) in [6.45, 7) is 4.73. The molecule has 9 aromatic carbocycles. The molecule has 0 bridgehead atoms. The fraction of sp³-hybridized carbons (Fsp3) is 0.0526. The first-order chi connectivity index (χ1) is 28.6. The third-order valence-electron chi connectivity index (χ3n) is 11.9. The molecule has 0 aromatic heterocycles. The molecule has 0 amide bonds. The predicted molar refractivity (Wildman–Crippen MR) is 246 cm³/mol. The average Bonchev–Trinajstić information content (AvgIpc) is 3.53. The number of hydrogen-bond donors (Lipinski definition) is 0. The smallest absolute Gasteiger partial charge is 0.0543 e. The van der Waals surface area contributed by atoms with Crippen molar-refractivity contribution in [1.29, 1.82) is 0 Å². The summed E-state index contributed by atoms with van der Waals surface area (Å²) < 4.78 is 0. The normalized spacial score (nSPS) is 12.4. The van der Waals surface area contributed by atoms with Gasteiger partial charge in [-0.05, 0) is 97.1 Å². The molecular weight excluding hydrogens is 699 g/mol. The van der Waals surface area contributed by atoms with Crippen molar-refractivity contribution >= 4 is 17.1 Å². The lowest BCUT2D eigenvalue weighted by Gasteiger charge is -2.31. The number of para-hydroxylation sites is 1. The minimum absolute atomic E-state index is 0.151. The Morgan fingerprint density at radius 2 is 0.707 bits per heavy atom. The maximum absolute atomic E-state index is 2.53. The molecule has 0 saturated heterocycles. The van der Waals surface area contributed by atoms with E-state index >= 15 is 0 Å². The standard InChI is InChI=1S/C57H43N/c1-57(2)52-33-18-16-32-51(52)56-53(57)34-20-36-55(56)58(45-38-43(40-21-6-3-7-22-40)37-44(39-45)41-23-8-4-9-24-41)54-35-19-17-31-50(54)49-30-15-14-29-48(49)47-28-13-12-27-46(47)42-25-10-5-11-26-42/h3-39H,1-2H3. The van der Waals surface area contributed by atoms with Crippen molar-refractivity contribution < 1.29 is 0 Å². The average molecular weight is 742 g/mol. The van der Waals surface area contributed by atoms with Crippen LogP contribution in [0.2, 0.25) is 0 Å². The third-order valence-corrected chi connectivity index (χ3v) is 11.9. The fourth-order valence-electron chi connectivity index (χ4n) is 9.10. The molecule has 0 aliphatic heterocycles. The summed E-state index contributed by atoms with van der Waals surface area (Å²) in [6.07, 6.45) is 0. The number of nitrogens with zero attached hydrogens (tertiary/aromatic N) is 1. The van der Waals surface area contributed by atoms with E-state index in [0.29, 0.717) is 0 Å². The molecule has 0 fully saturated rings. The quantitative estimate of drug-likeness (QED) is 0.150. The summed E-state index contributed by atoms with van der Waals surface area (Å²) in [7, 11) is 0. The highest BCUT2D eigenvalue weighted by Gasteiger charge is 2.38. The Kier molecular flexibility index (Phi) is 8.92. The van der Waals surface area contributed by atoms with Gasteiger partial charge in [0, 0.05) is 22.2 Å². The zero-order valence-electron chi connectivity index (χ0n) is 32.8. The van der Waals surface area contributed by atoms with Crippen molar-refractivity contribution in [1.82, 2.24) is 0 Å². The van der Waals surface area contributed by atoms with Crippen molar-refractivity contribution in [3.63, 3.8) is 0 Å². The van der Waals surface area contributed by atoms with Crippen LogP contribution in [0.3, 0.4) is 0 Å². The zero-order valence-corrected chi connectivity index (χ0v) is 32.8. The molecule has 0 heterocycles. The molecule has 0 atom stereocenters. The van der Waals surface area contributed by atoms with Crippen molar-refractivity contribution in [2.75, 3.05) is 4.90 Å². The number of rotatable bonds is 8. The minimum atomic E-state index is -0.151. The second-order valence-electron chi connectivity index (χ2n) is 15.7. The highest BCUT2D eigenvalue weighted by molar-refractivity contribution is 6.01.